The molecule has 0 bridgehead atoms. The summed E-state index contributed by atoms with van der Waals surface area (Å²) < 4.78 is 10.0. The number of benzene rings is 1. The van der Waals surface area contributed by atoms with Crippen molar-refractivity contribution >= 4 is 5.97 Å². The summed E-state index contributed by atoms with van der Waals surface area (Å²) in [7, 11) is 1.50. The van der Waals surface area contributed by atoms with E-state index in [1.807, 2.05) is 6.07 Å². The first-order valence-corrected chi connectivity index (χ1v) is 4.07. The van der Waals surface area contributed by atoms with Gasteiger partial charge >= 0.3 is 12.1 Å². The molecular weight excluding hydrogens is 182 g/mol. The van der Waals surface area contributed by atoms with Gasteiger partial charge in [0.25, 0.3) is 0 Å². The van der Waals surface area contributed by atoms with Crippen LogP contribution in [0, 0.1) is 11.3 Å². The van der Waals surface area contributed by atoms with Gasteiger partial charge in [-0.15, -0.1) is 0 Å². The Morgan fingerprint density at radius 2 is 2.36 bits per heavy atom. The molecule has 1 aliphatic rings. The van der Waals surface area contributed by atoms with Crippen molar-refractivity contribution < 1.29 is 14.3 Å². The van der Waals surface area contributed by atoms with Crippen LogP contribution in [0.3, 0.4) is 0 Å². The fraction of sp³-hybridized carbons (Fsp3) is 0.200. The summed E-state index contributed by atoms with van der Waals surface area (Å²) in [6, 6.07) is 7.13. The summed E-state index contributed by atoms with van der Waals surface area (Å²) in [6.07, 6.45) is -0.736. The van der Waals surface area contributed by atoms with E-state index in [-0.39, 0.29) is 5.97 Å². The topological polar surface area (TPSA) is 63.6 Å². The molecular formula is C10H8NO3+. The normalized spacial score (nSPS) is 18.3. The standard InChI is InChI=1S/C10H7NO3/c1-13-7-4-2-3-6-8(5-11)14-10(12)9(6)7/h2-4,8H,1H3/p+1. The first-order chi connectivity index (χ1) is 6.77. The van der Waals surface area contributed by atoms with E-state index in [9.17, 15) is 4.79 Å². The largest absolute Gasteiger partial charge is 0.523 e. The molecule has 70 valence electrons. The van der Waals surface area contributed by atoms with Crippen LogP contribution in [0.25, 0.3) is 0 Å². The lowest BCUT2D eigenvalue weighted by molar-refractivity contribution is 0.243. The third-order valence-corrected chi connectivity index (χ3v) is 2.12. The van der Waals surface area contributed by atoms with Gasteiger partial charge in [0.2, 0.25) is 0 Å². The van der Waals surface area contributed by atoms with Crippen LogP contribution in [0.2, 0.25) is 0 Å². The van der Waals surface area contributed by atoms with Crippen LogP contribution >= 0.6 is 0 Å². The summed E-state index contributed by atoms with van der Waals surface area (Å²) in [5.41, 5.74) is 1.12. The zero-order chi connectivity index (χ0) is 10.1. The Labute approximate surface area is 80.7 Å². The van der Waals surface area contributed by atoms with Crippen LogP contribution in [-0.2, 0) is 4.74 Å². The SMILES string of the molecule is COc1cccc2c1C(=[OH+])OC2C#N. The third-order valence-electron chi connectivity index (χ3n) is 2.12. The number of hydrogen-bond donors (Lipinski definition) is 0. The highest BCUT2D eigenvalue weighted by Crippen LogP contribution is 2.35. The molecule has 0 fully saturated rings. The smallest absolute Gasteiger partial charge is 0.496 e. The Hall–Kier alpha value is -2.02. The maximum absolute atomic E-state index is 9.46. The molecule has 1 N–H and O–H groups in total. The van der Waals surface area contributed by atoms with E-state index >= 15 is 0 Å². The molecule has 1 aliphatic heterocycles. The highest BCUT2D eigenvalue weighted by atomic mass is 16.6. The van der Waals surface area contributed by atoms with Gasteiger partial charge in [0.05, 0.1) is 12.7 Å². The van der Waals surface area contributed by atoms with E-state index < -0.39 is 6.10 Å². The number of nitrogens with zero attached hydrogens (tertiary/aromatic N) is 1. The van der Waals surface area contributed by atoms with Crippen LogP contribution in [0.15, 0.2) is 18.2 Å². The predicted molar refractivity (Wildman–Crippen MR) is 48.5 cm³/mol. The molecule has 0 saturated heterocycles. The molecule has 1 aromatic carbocycles. The second-order valence-corrected chi connectivity index (χ2v) is 2.86. The lowest BCUT2D eigenvalue weighted by Gasteiger charge is -2.00. The fourth-order valence-electron chi connectivity index (χ4n) is 1.50. The van der Waals surface area contributed by atoms with E-state index in [1.165, 1.54) is 7.11 Å². The Morgan fingerprint density at radius 3 is 3.00 bits per heavy atom. The summed E-state index contributed by atoms with van der Waals surface area (Å²) in [5.74, 6) is 0.266. The van der Waals surface area contributed by atoms with E-state index in [0.29, 0.717) is 16.9 Å². The maximum Gasteiger partial charge on any atom is 0.523 e. The van der Waals surface area contributed by atoms with Gasteiger partial charge in [0.1, 0.15) is 11.8 Å². The van der Waals surface area contributed by atoms with E-state index in [0.717, 1.165) is 0 Å². The van der Waals surface area contributed by atoms with Gasteiger partial charge < -0.3 is 9.53 Å². The van der Waals surface area contributed by atoms with Crippen molar-refractivity contribution in [2.75, 3.05) is 7.11 Å². The first-order valence-electron chi connectivity index (χ1n) is 4.07. The number of fused-ring (bicyclic) bond motifs is 1. The number of cyclic esters (lactones) is 1. The molecule has 0 aromatic heterocycles. The van der Waals surface area contributed by atoms with Crippen molar-refractivity contribution in [2.45, 2.75) is 6.10 Å². The van der Waals surface area contributed by atoms with Crippen LogP contribution in [0.4, 0.5) is 0 Å². The molecule has 0 spiro atoms. The summed E-state index contributed by atoms with van der Waals surface area (Å²) >= 11 is 0. The second-order valence-electron chi connectivity index (χ2n) is 2.86. The Bertz CT molecular complexity index is 433. The van der Waals surface area contributed by atoms with Gasteiger partial charge in [-0.05, 0) is 12.1 Å². The highest BCUT2D eigenvalue weighted by Gasteiger charge is 2.41. The number of carbonyl (C=O) groups excluding carboxylic acids is 1. The molecule has 1 atom stereocenters. The van der Waals surface area contributed by atoms with Gasteiger partial charge in [0.15, 0.2) is 5.56 Å². The molecule has 1 aromatic rings. The highest BCUT2D eigenvalue weighted by molar-refractivity contribution is 5.97. The average Bonchev–Trinajstić information content (AvgIpc) is 2.55. The predicted octanol–water partition coefficient (Wildman–Crippen LogP) is 1.14. The second kappa shape index (κ2) is 3.04. The van der Waals surface area contributed by atoms with Crippen molar-refractivity contribution in [3.8, 4) is 11.8 Å². The van der Waals surface area contributed by atoms with Crippen LogP contribution < -0.4 is 4.74 Å². The number of methoxy groups -OCH3 is 1. The lowest BCUT2D eigenvalue weighted by atomic mass is 10.1. The first kappa shape index (κ1) is 8.57. The van der Waals surface area contributed by atoms with Crippen LogP contribution in [-0.4, -0.2) is 17.9 Å². The zero-order valence-corrected chi connectivity index (χ0v) is 7.52. The van der Waals surface area contributed by atoms with Gasteiger partial charge in [-0.3, -0.25) is 4.74 Å². The number of esters is 1. The molecule has 4 heteroatoms. The van der Waals surface area contributed by atoms with Gasteiger partial charge in [-0.25, -0.2) is 0 Å². The molecule has 2 rings (SSSR count). The monoisotopic (exact) mass is 190 g/mol. The van der Waals surface area contributed by atoms with E-state index in [2.05, 4.69) is 0 Å². The van der Waals surface area contributed by atoms with Crippen molar-refractivity contribution in [2.24, 2.45) is 0 Å². The molecule has 4 nitrogen and oxygen atoms in total. The Balaban J connectivity index is 2.62. The van der Waals surface area contributed by atoms with Gasteiger partial charge in [0, 0.05) is 0 Å². The molecule has 0 aliphatic carbocycles. The van der Waals surface area contributed by atoms with Crippen molar-refractivity contribution in [1.29, 1.82) is 5.26 Å². The minimum Gasteiger partial charge on any atom is -0.496 e. The molecule has 1 unspecified atom stereocenters. The average molecular weight is 190 g/mol. The van der Waals surface area contributed by atoms with Gasteiger partial charge in [-0.1, -0.05) is 6.07 Å². The van der Waals surface area contributed by atoms with Crippen molar-refractivity contribution in [3.05, 3.63) is 29.3 Å². The van der Waals surface area contributed by atoms with Crippen LogP contribution in [0.5, 0.6) is 5.75 Å². The Kier molecular flexibility index (Phi) is 1.86. The maximum atomic E-state index is 9.46. The van der Waals surface area contributed by atoms with Crippen molar-refractivity contribution in [3.63, 3.8) is 0 Å². The van der Waals surface area contributed by atoms with Crippen LogP contribution in [0.1, 0.15) is 17.2 Å². The number of hydrogen-bond acceptors (Lipinski definition) is 3. The third kappa shape index (κ3) is 1.03. The van der Waals surface area contributed by atoms with Crippen molar-refractivity contribution in [1.82, 2.24) is 0 Å². The Morgan fingerprint density at radius 1 is 1.57 bits per heavy atom. The summed E-state index contributed by atoms with van der Waals surface area (Å²) in [4.78, 5) is 9.46. The number of rotatable bonds is 1. The molecule has 14 heavy (non-hydrogen) atoms. The molecule has 0 saturated carbocycles. The fourth-order valence-corrected chi connectivity index (χ4v) is 1.50. The van der Waals surface area contributed by atoms with E-state index in [4.69, 9.17) is 14.7 Å². The number of nitriles is 1. The molecule has 1 heterocycles. The zero-order valence-electron chi connectivity index (χ0n) is 7.52. The quantitative estimate of drug-likeness (QED) is 0.492. The summed E-state index contributed by atoms with van der Waals surface area (Å²) in [6.45, 7) is 0. The molecule has 0 radical (unpaired) electrons. The number of ether oxygens (including phenoxy) is 2. The summed E-state index contributed by atoms with van der Waals surface area (Å²) in [5, 5.41) is 8.75. The lowest BCUT2D eigenvalue weighted by Crippen LogP contribution is -1.99. The minimum atomic E-state index is -0.736. The van der Waals surface area contributed by atoms with E-state index in [1.54, 1.807) is 18.2 Å². The molecule has 0 amide bonds. The van der Waals surface area contributed by atoms with Gasteiger partial charge in [-0.2, -0.15) is 5.26 Å². The minimum absolute atomic E-state index is 0.246.